The normalized spacial score (nSPS) is 10.3. The molecule has 114 valence electrons. The van der Waals surface area contributed by atoms with Crippen molar-refractivity contribution in [2.45, 2.75) is 29.6 Å². The predicted octanol–water partition coefficient (Wildman–Crippen LogP) is 4.18. The van der Waals surface area contributed by atoms with Gasteiger partial charge < -0.3 is 9.53 Å². The van der Waals surface area contributed by atoms with Gasteiger partial charge in [-0.1, -0.05) is 23.9 Å². The Bertz CT molecular complexity index is 680. The van der Waals surface area contributed by atoms with Crippen LogP contribution in [0.25, 0.3) is 0 Å². The van der Waals surface area contributed by atoms with Crippen molar-refractivity contribution < 1.29 is 14.3 Å². The first-order valence-corrected chi connectivity index (χ1v) is 7.85. The van der Waals surface area contributed by atoms with Gasteiger partial charge in [0.05, 0.1) is 7.11 Å². The molecule has 0 unspecified atom stereocenters. The van der Waals surface area contributed by atoms with Crippen LogP contribution < -0.4 is 4.74 Å². The Hall–Kier alpha value is -2.07. The number of rotatable bonds is 7. The van der Waals surface area contributed by atoms with Gasteiger partial charge in [0.1, 0.15) is 12.0 Å². The predicted molar refractivity (Wildman–Crippen MR) is 87.9 cm³/mol. The van der Waals surface area contributed by atoms with Crippen LogP contribution in [0.1, 0.15) is 29.3 Å². The molecule has 0 spiro atoms. The molecule has 0 aliphatic heterocycles. The maximum absolute atomic E-state index is 11.8. The van der Waals surface area contributed by atoms with Gasteiger partial charge in [-0.05, 0) is 49.2 Å². The molecule has 0 saturated heterocycles. The van der Waals surface area contributed by atoms with Gasteiger partial charge in [-0.2, -0.15) is 0 Å². The molecule has 0 N–H and O–H groups in total. The quantitative estimate of drug-likeness (QED) is 0.568. The summed E-state index contributed by atoms with van der Waals surface area (Å²) in [6, 6.07) is 13.5. The second-order valence-electron chi connectivity index (χ2n) is 4.87. The first-order chi connectivity index (χ1) is 10.6. The lowest BCUT2D eigenvalue weighted by molar-refractivity contribution is -0.107. The third-order valence-electron chi connectivity index (χ3n) is 3.25. The standard InChI is InChI=1S/C18H18O3S/c1-13(20)17-9-8-15(21-2)12-18(17)22-16-7-3-5-14(11-16)6-4-10-19/h3,5,7-12H,4,6H2,1-2H3. The summed E-state index contributed by atoms with van der Waals surface area (Å²) in [7, 11) is 1.61. The highest BCUT2D eigenvalue weighted by molar-refractivity contribution is 7.99. The van der Waals surface area contributed by atoms with Crippen LogP contribution in [0.4, 0.5) is 0 Å². The van der Waals surface area contributed by atoms with E-state index >= 15 is 0 Å². The Morgan fingerprint density at radius 1 is 1.23 bits per heavy atom. The molecule has 22 heavy (non-hydrogen) atoms. The second-order valence-corrected chi connectivity index (χ2v) is 5.99. The van der Waals surface area contributed by atoms with Crippen LogP contribution in [0.15, 0.2) is 52.3 Å². The molecule has 0 radical (unpaired) electrons. The highest BCUT2D eigenvalue weighted by atomic mass is 32.2. The number of hydrogen-bond acceptors (Lipinski definition) is 4. The summed E-state index contributed by atoms with van der Waals surface area (Å²) >= 11 is 1.53. The van der Waals surface area contributed by atoms with Crippen molar-refractivity contribution in [2.75, 3.05) is 7.11 Å². The lowest BCUT2D eigenvalue weighted by Crippen LogP contribution is -1.96. The number of ether oxygens (including phenoxy) is 1. The number of aldehydes is 1. The number of carbonyl (C=O) groups is 2. The van der Waals surface area contributed by atoms with Crippen LogP contribution in [0, 0.1) is 0 Å². The van der Waals surface area contributed by atoms with Crippen molar-refractivity contribution in [1.29, 1.82) is 0 Å². The Balaban J connectivity index is 2.29. The minimum absolute atomic E-state index is 0.0299. The van der Waals surface area contributed by atoms with Gasteiger partial charge in [0.25, 0.3) is 0 Å². The largest absolute Gasteiger partial charge is 0.497 e. The highest BCUT2D eigenvalue weighted by Crippen LogP contribution is 2.34. The Morgan fingerprint density at radius 2 is 2.05 bits per heavy atom. The third kappa shape index (κ3) is 4.21. The van der Waals surface area contributed by atoms with Crippen molar-refractivity contribution in [2.24, 2.45) is 0 Å². The van der Waals surface area contributed by atoms with E-state index in [1.54, 1.807) is 26.2 Å². The molecule has 0 saturated carbocycles. The van der Waals surface area contributed by atoms with Crippen LogP contribution in [-0.2, 0) is 11.2 Å². The summed E-state index contributed by atoms with van der Waals surface area (Å²) in [5.74, 6) is 0.756. The number of aryl methyl sites for hydroxylation is 1. The van der Waals surface area contributed by atoms with Crippen molar-refractivity contribution in [3.8, 4) is 5.75 Å². The first kappa shape index (κ1) is 16.3. The average molecular weight is 314 g/mol. The second kappa shape index (κ2) is 7.80. The van der Waals surface area contributed by atoms with Crippen molar-refractivity contribution >= 4 is 23.8 Å². The molecular weight excluding hydrogens is 296 g/mol. The molecule has 2 aromatic rings. The summed E-state index contributed by atoms with van der Waals surface area (Å²) in [5.41, 5.74) is 1.80. The summed E-state index contributed by atoms with van der Waals surface area (Å²) < 4.78 is 5.24. The van der Waals surface area contributed by atoms with E-state index < -0.39 is 0 Å². The van der Waals surface area contributed by atoms with E-state index in [1.807, 2.05) is 24.3 Å². The maximum Gasteiger partial charge on any atom is 0.160 e. The van der Waals surface area contributed by atoms with Gasteiger partial charge in [-0.3, -0.25) is 4.79 Å². The Kier molecular flexibility index (Phi) is 5.78. The smallest absolute Gasteiger partial charge is 0.160 e. The van der Waals surface area contributed by atoms with Gasteiger partial charge in [0, 0.05) is 21.8 Å². The summed E-state index contributed by atoms with van der Waals surface area (Å²) in [6.07, 6.45) is 2.18. The monoisotopic (exact) mass is 314 g/mol. The van der Waals surface area contributed by atoms with Crippen LogP contribution >= 0.6 is 11.8 Å². The van der Waals surface area contributed by atoms with E-state index in [0.717, 1.165) is 33.8 Å². The fourth-order valence-corrected chi connectivity index (χ4v) is 3.23. The molecule has 3 nitrogen and oxygen atoms in total. The summed E-state index contributed by atoms with van der Waals surface area (Å²) in [4.78, 5) is 24.2. The zero-order valence-electron chi connectivity index (χ0n) is 12.7. The molecule has 0 bridgehead atoms. The molecule has 0 heterocycles. The topological polar surface area (TPSA) is 43.4 Å². The minimum Gasteiger partial charge on any atom is -0.497 e. The molecule has 0 aliphatic carbocycles. The van der Waals surface area contributed by atoms with Gasteiger partial charge in [0.2, 0.25) is 0 Å². The van der Waals surface area contributed by atoms with Crippen LogP contribution in [0.2, 0.25) is 0 Å². The number of ketones is 1. The van der Waals surface area contributed by atoms with Gasteiger partial charge in [-0.25, -0.2) is 0 Å². The lowest BCUT2D eigenvalue weighted by atomic mass is 10.1. The maximum atomic E-state index is 11.8. The SMILES string of the molecule is COc1ccc(C(C)=O)c(Sc2cccc(CCC=O)c2)c1. The van der Waals surface area contributed by atoms with Crippen molar-refractivity contribution in [3.05, 3.63) is 53.6 Å². The van der Waals surface area contributed by atoms with Gasteiger partial charge in [-0.15, -0.1) is 0 Å². The average Bonchev–Trinajstić information content (AvgIpc) is 2.53. The van der Waals surface area contributed by atoms with E-state index in [1.165, 1.54) is 11.8 Å². The van der Waals surface area contributed by atoms with Crippen molar-refractivity contribution in [1.82, 2.24) is 0 Å². The molecular formula is C18H18O3S. The number of hydrogen-bond donors (Lipinski definition) is 0. The zero-order valence-corrected chi connectivity index (χ0v) is 13.5. The van der Waals surface area contributed by atoms with E-state index in [9.17, 15) is 9.59 Å². The lowest BCUT2D eigenvalue weighted by Gasteiger charge is -2.10. The highest BCUT2D eigenvalue weighted by Gasteiger charge is 2.10. The van der Waals surface area contributed by atoms with Gasteiger partial charge >= 0.3 is 0 Å². The number of benzene rings is 2. The summed E-state index contributed by atoms with van der Waals surface area (Å²) in [5, 5.41) is 0. The molecule has 4 heteroatoms. The van der Waals surface area contributed by atoms with Crippen LogP contribution in [-0.4, -0.2) is 19.2 Å². The molecule has 0 aromatic heterocycles. The zero-order chi connectivity index (χ0) is 15.9. The molecule has 0 amide bonds. The fourth-order valence-electron chi connectivity index (χ4n) is 2.12. The fraction of sp³-hybridized carbons (Fsp3) is 0.222. The Morgan fingerprint density at radius 3 is 2.73 bits per heavy atom. The van der Waals surface area contributed by atoms with E-state index in [0.29, 0.717) is 12.0 Å². The molecule has 0 aliphatic rings. The summed E-state index contributed by atoms with van der Waals surface area (Å²) in [6.45, 7) is 1.56. The van der Waals surface area contributed by atoms with Gasteiger partial charge in [0.15, 0.2) is 5.78 Å². The molecule has 2 aromatic carbocycles. The number of methoxy groups -OCH3 is 1. The molecule has 2 rings (SSSR count). The Labute approximate surface area is 134 Å². The molecule has 0 atom stereocenters. The van der Waals surface area contributed by atoms with E-state index in [4.69, 9.17) is 4.74 Å². The minimum atomic E-state index is 0.0299. The molecule has 0 fully saturated rings. The van der Waals surface area contributed by atoms with E-state index in [-0.39, 0.29) is 5.78 Å². The van der Waals surface area contributed by atoms with E-state index in [2.05, 4.69) is 6.07 Å². The number of Topliss-reactive ketones (excluding diaryl/α,β-unsaturated/α-hetero) is 1. The van der Waals surface area contributed by atoms with Crippen LogP contribution in [0.3, 0.4) is 0 Å². The van der Waals surface area contributed by atoms with Crippen molar-refractivity contribution in [3.63, 3.8) is 0 Å². The number of carbonyl (C=O) groups excluding carboxylic acids is 2. The first-order valence-electron chi connectivity index (χ1n) is 7.03. The third-order valence-corrected chi connectivity index (χ3v) is 4.29. The van der Waals surface area contributed by atoms with Crippen LogP contribution in [0.5, 0.6) is 5.75 Å².